The first-order chi connectivity index (χ1) is 8.93. The number of aliphatic hydroxyl groups is 1. The van der Waals surface area contributed by atoms with E-state index in [1.165, 1.54) is 0 Å². The molecule has 2 rings (SSSR count). The normalized spacial score (nSPS) is 14.9. The second-order valence-electron chi connectivity index (χ2n) is 6.02. The summed E-state index contributed by atoms with van der Waals surface area (Å²) >= 11 is 0. The average molecular weight is 253 g/mol. The summed E-state index contributed by atoms with van der Waals surface area (Å²) in [6.45, 7) is 5.84. The molecule has 0 saturated heterocycles. The highest BCUT2D eigenvalue weighted by Crippen LogP contribution is 2.32. The van der Waals surface area contributed by atoms with E-state index in [2.05, 4.69) is 6.07 Å². The summed E-state index contributed by atoms with van der Waals surface area (Å²) in [5, 5.41) is 22.0. The predicted octanol–water partition coefficient (Wildman–Crippen LogP) is 3.85. The van der Waals surface area contributed by atoms with Gasteiger partial charge in [-0.15, -0.1) is 0 Å². The van der Waals surface area contributed by atoms with Crippen molar-refractivity contribution in [3.63, 3.8) is 0 Å². The van der Waals surface area contributed by atoms with E-state index in [1.807, 2.05) is 63.2 Å². The average Bonchev–Trinajstić information content (AvgIpc) is 2.38. The number of hydrogen-bond acceptors (Lipinski definition) is 2. The van der Waals surface area contributed by atoms with Gasteiger partial charge >= 0.3 is 0 Å². The zero-order chi connectivity index (χ0) is 14.0. The van der Waals surface area contributed by atoms with Crippen LogP contribution in [0.4, 0.5) is 0 Å². The van der Waals surface area contributed by atoms with Crippen molar-refractivity contribution in [2.75, 3.05) is 0 Å². The van der Waals surface area contributed by atoms with Crippen LogP contribution in [-0.4, -0.2) is 11.2 Å². The van der Waals surface area contributed by atoms with Crippen molar-refractivity contribution in [2.24, 2.45) is 5.41 Å². The lowest BCUT2D eigenvalue weighted by Gasteiger charge is -2.29. The Hall–Kier alpha value is -1.85. The van der Waals surface area contributed by atoms with E-state index in [0.717, 1.165) is 16.3 Å². The van der Waals surface area contributed by atoms with Crippen LogP contribution in [0, 0.1) is 16.7 Å². The first-order valence-electron chi connectivity index (χ1n) is 6.50. The van der Waals surface area contributed by atoms with Gasteiger partial charge in [0.1, 0.15) is 0 Å². The van der Waals surface area contributed by atoms with Gasteiger partial charge in [-0.2, -0.15) is 5.26 Å². The lowest BCUT2D eigenvalue weighted by atomic mass is 9.78. The summed E-state index contributed by atoms with van der Waals surface area (Å²) in [7, 11) is 0. The Labute approximate surface area is 114 Å². The number of nitriles is 1. The zero-order valence-corrected chi connectivity index (χ0v) is 11.6. The first kappa shape index (κ1) is 13.6. The molecule has 2 atom stereocenters. The predicted molar refractivity (Wildman–Crippen MR) is 77.8 cm³/mol. The number of fused-ring (bicyclic) bond motifs is 1. The van der Waals surface area contributed by atoms with Crippen LogP contribution in [0.15, 0.2) is 42.5 Å². The molecule has 2 aromatic rings. The van der Waals surface area contributed by atoms with Gasteiger partial charge in [0, 0.05) is 0 Å². The fourth-order valence-electron chi connectivity index (χ4n) is 2.23. The van der Waals surface area contributed by atoms with Gasteiger partial charge in [0.2, 0.25) is 0 Å². The van der Waals surface area contributed by atoms with Crippen LogP contribution in [0.3, 0.4) is 0 Å². The van der Waals surface area contributed by atoms with Crippen LogP contribution in [0.25, 0.3) is 10.8 Å². The van der Waals surface area contributed by atoms with Crippen molar-refractivity contribution in [2.45, 2.75) is 32.8 Å². The maximum atomic E-state index is 10.3. The minimum absolute atomic E-state index is 0.313. The Morgan fingerprint density at radius 1 is 1.05 bits per heavy atom. The summed E-state index contributed by atoms with van der Waals surface area (Å²) in [5.41, 5.74) is 0.565. The van der Waals surface area contributed by atoms with Crippen LogP contribution in [-0.2, 0) is 0 Å². The summed E-state index contributed by atoms with van der Waals surface area (Å²) in [4.78, 5) is 0. The van der Waals surface area contributed by atoms with E-state index in [-0.39, 0.29) is 5.41 Å². The molecule has 19 heavy (non-hydrogen) atoms. The molecular weight excluding hydrogens is 234 g/mol. The van der Waals surface area contributed by atoms with Gasteiger partial charge in [-0.1, -0.05) is 57.2 Å². The molecule has 0 aliphatic heterocycles. The van der Waals surface area contributed by atoms with Crippen molar-refractivity contribution in [3.8, 4) is 6.07 Å². The summed E-state index contributed by atoms with van der Waals surface area (Å²) < 4.78 is 0. The lowest BCUT2D eigenvalue weighted by molar-refractivity contribution is 0.0527. The van der Waals surface area contributed by atoms with E-state index < -0.39 is 12.0 Å². The highest BCUT2D eigenvalue weighted by molar-refractivity contribution is 5.83. The highest BCUT2D eigenvalue weighted by Gasteiger charge is 2.31. The molecular formula is C17H19NO. The maximum Gasteiger partial charge on any atom is 0.0977 e. The van der Waals surface area contributed by atoms with Crippen molar-refractivity contribution in [1.82, 2.24) is 0 Å². The molecule has 0 amide bonds. The Morgan fingerprint density at radius 2 is 1.68 bits per heavy atom. The fourth-order valence-corrected chi connectivity index (χ4v) is 2.23. The number of nitrogens with zero attached hydrogens (tertiary/aromatic N) is 1. The summed E-state index contributed by atoms with van der Waals surface area (Å²) in [6, 6.07) is 16.2. The van der Waals surface area contributed by atoms with Gasteiger partial charge in [0.15, 0.2) is 0 Å². The molecule has 0 fully saturated rings. The molecule has 0 aliphatic rings. The molecule has 0 heterocycles. The minimum atomic E-state index is -0.682. The number of benzene rings is 2. The second-order valence-corrected chi connectivity index (χ2v) is 6.02. The van der Waals surface area contributed by atoms with E-state index in [4.69, 9.17) is 0 Å². The third kappa shape index (κ3) is 2.77. The molecule has 0 aliphatic carbocycles. The summed E-state index contributed by atoms with van der Waals surface area (Å²) in [6.07, 6.45) is -0.682. The molecule has 2 heteroatoms. The quantitative estimate of drug-likeness (QED) is 0.883. The fraction of sp³-hybridized carbons (Fsp3) is 0.353. The number of rotatable bonds is 2. The third-order valence-electron chi connectivity index (χ3n) is 3.47. The maximum absolute atomic E-state index is 10.3. The van der Waals surface area contributed by atoms with Gasteiger partial charge in [-0.25, -0.2) is 0 Å². The molecule has 98 valence electrons. The SMILES string of the molecule is CC(C)(C)[C@H](O)[C@@H](C#N)c1ccc2ccccc2c1. The Bertz CT molecular complexity index is 619. The van der Waals surface area contributed by atoms with Crippen LogP contribution in [0.1, 0.15) is 32.3 Å². The van der Waals surface area contributed by atoms with Crippen LogP contribution >= 0.6 is 0 Å². The first-order valence-corrected chi connectivity index (χ1v) is 6.50. The van der Waals surface area contributed by atoms with E-state index in [1.54, 1.807) is 0 Å². The van der Waals surface area contributed by atoms with Crippen molar-refractivity contribution >= 4 is 10.8 Å². The van der Waals surface area contributed by atoms with Crippen molar-refractivity contribution in [3.05, 3.63) is 48.0 Å². The molecule has 0 saturated carbocycles. The Morgan fingerprint density at radius 3 is 2.26 bits per heavy atom. The molecule has 0 spiro atoms. The van der Waals surface area contributed by atoms with Gasteiger partial charge in [-0.05, 0) is 27.8 Å². The van der Waals surface area contributed by atoms with E-state index >= 15 is 0 Å². The second kappa shape index (κ2) is 5.03. The molecule has 0 bridgehead atoms. The molecule has 0 aromatic heterocycles. The van der Waals surface area contributed by atoms with Gasteiger partial charge < -0.3 is 5.11 Å². The molecule has 2 aromatic carbocycles. The zero-order valence-electron chi connectivity index (χ0n) is 11.6. The molecule has 0 radical (unpaired) electrons. The number of hydrogen-bond donors (Lipinski definition) is 1. The number of aliphatic hydroxyl groups excluding tert-OH is 1. The highest BCUT2D eigenvalue weighted by atomic mass is 16.3. The Balaban J connectivity index is 2.45. The lowest BCUT2D eigenvalue weighted by Crippen LogP contribution is -2.31. The van der Waals surface area contributed by atoms with Crippen LogP contribution in [0.5, 0.6) is 0 Å². The van der Waals surface area contributed by atoms with Crippen molar-refractivity contribution < 1.29 is 5.11 Å². The molecule has 1 N–H and O–H groups in total. The van der Waals surface area contributed by atoms with Gasteiger partial charge in [0.25, 0.3) is 0 Å². The largest absolute Gasteiger partial charge is 0.391 e. The van der Waals surface area contributed by atoms with Crippen LogP contribution in [0.2, 0.25) is 0 Å². The summed E-state index contributed by atoms with van der Waals surface area (Å²) in [5.74, 6) is -0.496. The molecule has 0 unspecified atom stereocenters. The van der Waals surface area contributed by atoms with Crippen molar-refractivity contribution in [1.29, 1.82) is 5.26 Å². The van der Waals surface area contributed by atoms with E-state index in [0.29, 0.717) is 0 Å². The van der Waals surface area contributed by atoms with E-state index in [9.17, 15) is 10.4 Å². The monoisotopic (exact) mass is 253 g/mol. The topological polar surface area (TPSA) is 44.0 Å². The third-order valence-corrected chi connectivity index (χ3v) is 3.47. The van der Waals surface area contributed by atoms with Gasteiger partial charge in [0.05, 0.1) is 18.1 Å². The standard InChI is InChI=1S/C17H19NO/c1-17(2,3)16(19)15(11-18)14-9-8-12-6-4-5-7-13(12)10-14/h4-10,15-16,19H,1-3H3/t15-,16+/m0/s1. The Kier molecular flexibility index (Phi) is 3.59. The van der Waals surface area contributed by atoms with Gasteiger partial charge in [-0.3, -0.25) is 0 Å². The van der Waals surface area contributed by atoms with Crippen LogP contribution < -0.4 is 0 Å². The minimum Gasteiger partial charge on any atom is -0.391 e. The smallest absolute Gasteiger partial charge is 0.0977 e. The molecule has 2 nitrogen and oxygen atoms in total.